The highest BCUT2D eigenvalue weighted by atomic mass is 16.5. The molecule has 1 fully saturated rings. The summed E-state index contributed by atoms with van der Waals surface area (Å²) in [5, 5.41) is 3.11. The Morgan fingerprint density at radius 1 is 1.19 bits per heavy atom. The maximum absolute atomic E-state index is 12.9. The molecule has 2 aromatic carbocycles. The van der Waals surface area contributed by atoms with E-state index in [0.29, 0.717) is 12.2 Å². The number of imidazole rings is 1. The average Bonchev–Trinajstić information content (AvgIpc) is 3.40. The third-order valence-corrected chi connectivity index (χ3v) is 5.56. The monoisotopic (exact) mass is 418 g/mol. The topological polar surface area (TPSA) is 76.5 Å². The van der Waals surface area contributed by atoms with Gasteiger partial charge in [0.1, 0.15) is 17.6 Å². The highest BCUT2D eigenvalue weighted by molar-refractivity contribution is 5.95. The number of para-hydroxylation sites is 1. The maximum Gasteiger partial charge on any atom is 0.227 e. The SMILES string of the molecule is COc1ccccc1C(NC(=O)Cc1ccc(N2CCCC2=O)cc1)c1nccn1C. The number of carbonyl (C=O) groups excluding carboxylic acids is 2. The minimum Gasteiger partial charge on any atom is -0.496 e. The minimum atomic E-state index is -0.440. The standard InChI is InChI=1S/C24H26N4O3/c1-27-15-13-25-24(27)23(19-6-3-4-7-20(19)31-2)26-21(29)16-17-9-11-18(12-10-17)28-14-5-8-22(28)30/h3-4,6-7,9-13,15,23H,5,8,14,16H2,1-2H3,(H,26,29). The van der Waals surface area contributed by atoms with E-state index in [2.05, 4.69) is 10.3 Å². The van der Waals surface area contributed by atoms with Crippen molar-refractivity contribution in [1.82, 2.24) is 14.9 Å². The van der Waals surface area contributed by atoms with Crippen LogP contribution in [0.2, 0.25) is 0 Å². The molecule has 1 aliphatic rings. The van der Waals surface area contributed by atoms with Crippen LogP contribution in [0.3, 0.4) is 0 Å². The molecule has 1 atom stereocenters. The second kappa shape index (κ2) is 9.04. The zero-order valence-corrected chi connectivity index (χ0v) is 17.7. The van der Waals surface area contributed by atoms with Crippen LogP contribution in [0.1, 0.15) is 35.8 Å². The molecule has 2 amide bonds. The molecular formula is C24H26N4O3. The number of hydrogen-bond acceptors (Lipinski definition) is 4. The number of carbonyl (C=O) groups is 2. The Hall–Kier alpha value is -3.61. The minimum absolute atomic E-state index is 0.121. The van der Waals surface area contributed by atoms with E-state index in [4.69, 9.17) is 4.74 Å². The Kier molecular flexibility index (Phi) is 6.02. The van der Waals surface area contributed by atoms with Crippen LogP contribution in [0, 0.1) is 0 Å². The number of aromatic nitrogens is 2. The van der Waals surface area contributed by atoms with Crippen LogP contribution in [-0.2, 0) is 23.1 Å². The van der Waals surface area contributed by atoms with Crippen LogP contribution in [-0.4, -0.2) is 35.0 Å². The predicted octanol–water partition coefficient (Wildman–Crippen LogP) is 3.00. The largest absolute Gasteiger partial charge is 0.496 e. The van der Waals surface area contributed by atoms with E-state index in [1.807, 2.05) is 66.3 Å². The lowest BCUT2D eigenvalue weighted by atomic mass is 10.0. The number of methoxy groups -OCH3 is 1. The second-order valence-electron chi connectivity index (χ2n) is 7.63. The molecule has 0 radical (unpaired) electrons. The Labute approximate surface area is 181 Å². The van der Waals surface area contributed by atoms with Gasteiger partial charge in [-0.1, -0.05) is 30.3 Å². The molecule has 0 bridgehead atoms. The average molecular weight is 418 g/mol. The van der Waals surface area contributed by atoms with Gasteiger partial charge in [0.15, 0.2) is 0 Å². The Balaban J connectivity index is 1.51. The smallest absolute Gasteiger partial charge is 0.227 e. The van der Waals surface area contributed by atoms with Gasteiger partial charge in [0.25, 0.3) is 0 Å². The summed E-state index contributed by atoms with van der Waals surface area (Å²) in [5.74, 6) is 1.44. The van der Waals surface area contributed by atoms with Crippen molar-refractivity contribution in [2.24, 2.45) is 7.05 Å². The van der Waals surface area contributed by atoms with Crippen molar-refractivity contribution < 1.29 is 14.3 Å². The number of hydrogen-bond donors (Lipinski definition) is 1. The van der Waals surface area contributed by atoms with Gasteiger partial charge in [0.05, 0.1) is 13.5 Å². The van der Waals surface area contributed by atoms with Gasteiger partial charge in [0.2, 0.25) is 11.8 Å². The first-order valence-corrected chi connectivity index (χ1v) is 10.4. The summed E-state index contributed by atoms with van der Waals surface area (Å²) in [4.78, 5) is 31.1. The van der Waals surface area contributed by atoms with E-state index in [0.717, 1.165) is 35.6 Å². The lowest BCUT2D eigenvalue weighted by molar-refractivity contribution is -0.121. The van der Waals surface area contributed by atoms with Gasteiger partial charge in [-0.15, -0.1) is 0 Å². The molecule has 1 aromatic heterocycles. The molecule has 0 aliphatic carbocycles. The maximum atomic E-state index is 12.9. The molecule has 1 saturated heterocycles. The molecule has 4 rings (SSSR count). The first kappa shape index (κ1) is 20.7. The summed E-state index contributed by atoms with van der Waals surface area (Å²) < 4.78 is 7.40. The molecule has 0 saturated carbocycles. The van der Waals surface area contributed by atoms with Crippen LogP contribution in [0.4, 0.5) is 5.69 Å². The van der Waals surface area contributed by atoms with Crippen molar-refractivity contribution in [1.29, 1.82) is 0 Å². The fourth-order valence-electron chi connectivity index (χ4n) is 3.95. The van der Waals surface area contributed by atoms with Crippen LogP contribution in [0.5, 0.6) is 5.75 Å². The number of aryl methyl sites for hydroxylation is 1. The van der Waals surface area contributed by atoms with Crippen LogP contribution < -0.4 is 15.0 Å². The third-order valence-electron chi connectivity index (χ3n) is 5.56. The third kappa shape index (κ3) is 4.45. The van der Waals surface area contributed by atoms with Gasteiger partial charge in [-0.05, 0) is 30.2 Å². The fourth-order valence-corrected chi connectivity index (χ4v) is 3.95. The lowest BCUT2D eigenvalue weighted by Gasteiger charge is -2.21. The van der Waals surface area contributed by atoms with Gasteiger partial charge in [-0.25, -0.2) is 4.98 Å². The summed E-state index contributed by atoms with van der Waals surface area (Å²) >= 11 is 0. The summed E-state index contributed by atoms with van der Waals surface area (Å²) in [6, 6.07) is 14.8. The molecule has 3 aromatic rings. The van der Waals surface area contributed by atoms with E-state index in [9.17, 15) is 9.59 Å². The van der Waals surface area contributed by atoms with Crippen molar-refractivity contribution in [3.05, 3.63) is 77.9 Å². The second-order valence-corrected chi connectivity index (χ2v) is 7.63. The van der Waals surface area contributed by atoms with Gasteiger partial charge in [-0.3, -0.25) is 9.59 Å². The number of rotatable bonds is 7. The van der Waals surface area contributed by atoms with Crippen LogP contribution in [0.15, 0.2) is 60.9 Å². The number of nitrogens with one attached hydrogen (secondary N) is 1. The zero-order chi connectivity index (χ0) is 21.8. The number of nitrogens with zero attached hydrogens (tertiary/aromatic N) is 3. The number of amides is 2. The molecular weight excluding hydrogens is 392 g/mol. The van der Waals surface area contributed by atoms with Crippen molar-refractivity contribution in [2.75, 3.05) is 18.6 Å². The van der Waals surface area contributed by atoms with E-state index in [-0.39, 0.29) is 18.2 Å². The normalized spacial score (nSPS) is 14.5. The number of anilines is 1. The summed E-state index contributed by atoms with van der Waals surface area (Å²) in [7, 11) is 3.51. The van der Waals surface area contributed by atoms with Crippen molar-refractivity contribution in [2.45, 2.75) is 25.3 Å². The summed E-state index contributed by atoms with van der Waals surface area (Å²) in [6.07, 6.45) is 5.27. The van der Waals surface area contributed by atoms with Crippen LogP contribution >= 0.6 is 0 Å². The van der Waals surface area contributed by atoms with Gasteiger partial charge in [0, 0.05) is 43.7 Å². The highest BCUT2D eigenvalue weighted by Gasteiger charge is 2.24. The molecule has 1 N–H and O–H groups in total. The van der Waals surface area contributed by atoms with Gasteiger partial charge < -0.3 is 19.5 Å². The van der Waals surface area contributed by atoms with E-state index < -0.39 is 6.04 Å². The van der Waals surface area contributed by atoms with E-state index >= 15 is 0 Å². The number of ether oxygens (including phenoxy) is 1. The first-order chi connectivity index (χ1) is 15.1. The highest BCUT2D eigenvalue weighted by Crippen LogP contribution is 2.29. The molecule has 1 unspecified atom stereocenters. The predicted molar refractivity (Wildman–Crippen MR) is 118 cm³/mol. The summed E-state index contributed by atoms with van der Waals surface area (Å²) in [5.41, 5.74) is 2.61. The first-order valence-electron chi connectivity index (χ1n) is 10.4. The van der Waals surface area contributed by atoms with Crippen molar-refractivity contribution in [3.8, 4) is 5.75 Å². The molecule has 0 spiro atoms. The molecule has 1 aliphatic heterocycles. The van der Waals surface area contributed by atoms with E-state index in [1.54, 1.807) is 18.2 Å². The fraction of sp³-hybridized carbons (Fsp3) is 0.292. The Morgan fingerprint density at radius 2 is 1.97 bits per heavy atom. The summed E-state index contributed by atoms with van der Waals surface area (Å²) in [6.45, 7) is 0.753. The molecule has 7 nitrogen and oxygen atoms in total. The molecule has 2 heterocycles. The number of benzene rings is 2. The van der Waals surface area contributed by atoms with E-state index in [1.165, 1.54) is 0 Å². The Morgan fingerprint density at radius 3 is 2.61 bits per heavy atom. The molecule has 31 heavy (non-hydrogen) atoms. The molecule has 160 valence electrons. The lowest BCUT2D eigenvalue weighted by Crippen LogP contribution is -2.32. The Bertz CT molecular complexity index is 1070. The van der Waals surface area contributed by atoms with Crippen molar-refractivity contribution in [3.63, 3.8) is 0 Å². The van der Waals surface area contributed by atoms with Gasteiger partial charge in [-0.2, -0.15) is 0 Å². The molecule has 7 heteroatoms. The van der Waals surface area contributed by atoms with Crippen LogP contribution in [0.25, 0.3) is 0 Å². The van der Waals surface area contributed by atoms with Gasteiger partial charge >= 0.3 is 0 Å². The zero-order valence-electron chi connectivity index (χ0n) is 17.7. The quantitative estimate of drug-likeness (QED) is 0.640. The van der Waals surface area contributed by atoms with Crippen molar-refractivity contribution >= 4 is 17.5 Å².